The summed E-state index contributed by atoms with van der Waals surface area (Å²) in [5.41, 5.74) is 0.891. The molecule has 164 valence electrons. The highest BCUT2D eigenvalue weighted by molar-refractivity contribution is 7.92. The molecule has 0 saturated heterocycles. The third-order valence-corrected chi connectivity index (χ3v) is 7.24. The largest absolute Gasteiger partial charge is 0.348 e. The summed E-state index contributed by atoms with van der Waals surface area (Å²) in [4.78, 5) is 12.7. The molecule has 30 heavy (non-hydrogen) atoms. The minimum atomic E-state index is -3.75. The van der Waals surface area contributed by atoms with Crippen LogP contribution in [0.3, 0.4) is 0 Å². The average Bonchev–Trinajstić information content (AvgIpc) is 2.66. The van der Waals surface area contributed by atoms with Crippen molar-refractivity contribution in [1.29, 1.82) is 0 Å². The maximum absolute atomic E-state index is 12.7. The molecule has 2 rings (SSSR count). The Morgan fingerprint density at radius 1 is 1.03 bits per heavy atom. The lowest BCUT2D eigenvalue weighted by Gasteiger charge is -2.19. The zero-order valence-electron chi connectivity index (χ0n) is 16.8. The first-order valence-electron chi connectivity index (χ1n) is 9.13. The lowest BCUT2D eigenvalue weighted by atomic mass is 10.1. The molecule has 0 aromatic heterocycles. The van der Waals surface area contributed by atoms with E-state index in [1.54, 1.807) is 38.1 Å². The second kappa shape index (κ2) is 9.78. The Morgan fingerprint density at radius 2 is 1.67 bits per heavy atom. The highest BCUT2D eigenvalue weighted by atomic mass is 35.5. The number of benzene rings is 2. The van der Waals surface area contributed by atoms with Crippen molar-refractivity contribution >= 4 is 43.2 Å². The van der Waals surface area contributed by atoms with Crippen molar-refractivity contribution in [3.8, 4) is 0 Å². The maximum Gasteiger partial charge on any atom is 0.253 e. The molecular weight excluding hydrogens is 450 g/mol. The average molecular weight is 474 g/mol. The van der Waals surface area contributed by atoms with E-state index in [1.165, 1.54) is 22.5 Å². The van der Waals surface area contributed by atoms with Crippen LogP contribution in [0.25, 0.3) is 0 Å². The van der Waals surface area contributed by atoms with Gasteiger partial charge in [-0.05, 0) is 29.8 Å². The molecule has 0 radical (unpaired) electrons. The molecular formula is C19H24ClN3O5S2. The van der Waals surface area contributed by atoms with E-state index in [2.05, 4.69) is 10.0 Å². The first-order chi connectivity index (χ1) is 14.0. The van der Waals surface area contributed by atoms with E-state index < -0.39 is 26.0 Å². The molecule has 8 nitrogen and oxygen atoms in total. The minimum Gasteiger partial charge on any atom is -0.348 e. The second-order valence-electron chi connectivity index (χ2n) is 6.45. The topological polar surface area (TPSA) is 113 Å². The van der Waals surface area contributed by atoms with Gasteiger partial charge in [0.1, 0.15) is 0 Å². The number of anilines is 1. The first-order valence-corrected chi connectivity index (χ1v) is 12.8. The molecule has 0 fully saturated rings. The van der Waals surface area contributed by atoms with E-state index in [0.717, 1.165) is 6.26 Å². The number of halogens is 1. The lowest BCUT2D eigenvalue weighted by molar-refractivity contribution is 0.0951. The molecule has 0 spiro atoms. The summed E-state index contributed by atoms with van der Waals surface area (Å²) in [5.74, 6) is -0.578. The van der Waals surface area contributed by atoms with Gasteiger partial charge in [-0.2, -0.15) is 4.31 Å². The summed E-state index contributed by atoms with van der Waals surface area (Å²) >= 11 is 6.13. The summed E-state index contributed by atoms with van der Waals surface area (Å²) in [6.45, 7) is 4.07. The molecule has 0 aliphatic rings. The molecule has 0 unspecified atom stereocenters. The van der Waals surface area contributed by atoms with Crippen LogP contribution < -0.4 is 10.0 Å². The summed E-state index contributed by atoms with van der Waals surface area (Å²) in [6.07, 6.45) is 1.03. The van der Waals surface area contributed by atoms with Gasteiger partial charge in [-0.3, -0.25) is 9.52 Å². The Hall–Kier alpha value is -2.14. The van der Waals surface area contributed by atoms with E-state index in [-0.39, 0.29) is 22.0 Å². The highest BCUT2D eigenvalue weighted by Crippen LogP contribution is 2.23. The molecule has 0 atom stereocenters. The number of carbonyl (C=O) groups excluding carboxylic acids is 1. The second-order valence-corrected chi connectivity index (χ2v) is 10.5. The number of sulfonamides is 2. The number of rotatable bonds is 9. The van der Waals surface area contributed by atoms with Crippen molar-refractivity contribution in [3.05, 3.63) is 58.6 Å². The van der Waals surface area contributed by atoms with Crippen LogP contribution in [-0.4, -0.2) is 46.4 Å². The van der Waals surface area contributed by atoms with Gasteiger partial charge in [-0.15, -0.1) is 0 Å². The summed E-state index contributed by atoms with van der Waals surface area (Å²) < 4.78 is 52.2. The Balaban J connectivity index is 2.27. The van der Waals surface area contributed by atoms with E-state index in [4.69, 9.17) is 11.6 Å². The molecule has 0 aliphatic carbocycles. The van der Waals surface area contributed by atoms with Crippen LogP contribution in [0.1, 0.15) is 29.8 Å². The van der Waals surface area contributed by atoms with E-state index in [9.17, 15) is 21.6 Å². The van der Waals surface area contributed by atoms with Crippen LogP contribution in [0.5, 0.6) is 0 Å². The summed E-state index contributed by atoms with van der Waals surface area (Å²) in [7, 11) is -7.24. The zero-order valence-corrected chi connectivity index (χ0v) is 19.2. The Labute approximate surface area is 182 Å². The van der Waals surface area contributed by atoms with Crippen LogP contribution in [0.15, 0.2) is 47.4 Å². The van der Waals surface area contributed by atoms with Crippen LogP contribution in [0.2, 0.25) is 5.02 Å². The van der Waals surface area contributed by atoms with Gasteiger partial charge in [0.15, 0.2) is 0 Å². The first kappa shape index (κ1) is 24.1. The van der Waals surface area contributed by atoms with Gasteiger partial charge in [0.2, 0.25) is 20.0 Å². The molecule has 2 aromatic rings. The number of nitrogens with one attached hydrogen (secondary N) is 2. The van der Waals surface area contributed by atoms with E-state index in [0.29, 0.717) is 24.3 Å². The van der Waals surface area contributed by atoms with Crippen LogP contribution in [0.4, 0.5) is 5.69 Å². The highest BCUT2D eigenvalue weighted by Gasteiger charge is 2.24. The SMILES string of the molecule is CCN(CC)S(=O)(=O)c1ccc(Cl)c(C(=O)NCc2ccccc2NS(C)(=O)=O)c1. The number of nitrogens with zero attached hydrogens (tertiary/aromatic N) is 1. The van der Waals surface area contributed by atoms with E-state index >= 15 is 0 Å². The third kappa shape index (κ3) is 5.94. The Morgan fingerprint density at radius 3 is 2.27 bits per heavy atom. The predicted molar refractivity (Wildman–Crippen MR) is 118 cm³/mol. The van der Waals surface area contributed by atoms with Crippen molar-refractivity contribution in [2.75, 3.05) is 24.1 Å². The fraction of sp³-hybridized carbons (Fsp3) is 0.316. The quantitative estimate of drug-likeness (QED) is 0.581. The fourth-order valence-electron chi connectivity index (χ4n) is 2.80. The molecule has 2 N–H and O–H groups in total. The van der Waals surface area contributed by atoms with Crippen LogP contribution in [-0.2, 0) is 26.6 Å². The van der Waals surface area contributed by atoms with Gasteiger partial charge >= 0.3 is 0 Å². The molecule has 0 bridgehead atoms. The molecule has 2 aromatic carbocycles. The van der Waals surface area contributed by atoms with Gasteiger partial charge in [-0.25, -0.2) is 16.8 Å². The van der Waals surface area contributed by atoms with Gasteiger partial charge in [0.25, 0.3) is 5.91 Å². The van der Waals surface area contributed by atoms with Crippen molar-refractivity contribution in [1.82, 2.24) is 9.62 Å². The predicted octanol–water partition coefficient (Wildman–Crippen LogP) is 2.67. The van der Waals surface area contributed by atoms with Crippen molar-refractivity contribution < 1.29 is 21.6 Å². The number of para-hydroxylation sites is 1. The van der Waals surface area contributed by atoms with Crippen molar-refractivity contribution in [3.63, 3.8) is 0 Å². The monoisotopic (exact) mass is 473 g/mol. The summed E-state index contributed by atoms with van der Waals surface area (Å²) in [5, 5.41) is 2.76. The maximum atomic E-state index is 12.7. The van der Waals surface area contributed by atoms with Gasteiger partial charge in [-0.1, -0.05) is 43.6 Å². The van der Waals surface area contributed by atoms with Crippen LogP contribution >= 0.6 is 11.6 Å². The van der Waals surface area contributed by atoms with Gasteiger partial charge in [0.05, 0.1) is 27.4 Å². The molecule has 0 aliphatic heterocycles. The fourth-order valence-corrected chi connectivity index (χ4v) is 5.08. The number of hydrogen-bond donors (Lipinski definition) is 2. The minimum absolute atomic E-state index is 0.0125. The molecule has 0 heterocycles. The third-order valence-electron chi connectivity index (χ3n) is 4.28. The number of hydrogen-bond acceptors (Lipinski definition) is 5. The molecule has 1 amide bonds. The summed E-state index contributed by atoms with van der Waals surface area (Å²) in [6, 6.07) is 10.6. The Bertz CT molecular complexity index is 1130. The van der Waals surface area contributed by atoms with Crippen molar-refractivity contribution in [2.24, 2.45) is 0 Å². The van der Waals surface area contributed by atoms with Gasteiger partial charge < -0.3 is 5.32 Å². The molecule has 0 saturated carbocycles. The number of amides is 1. The van der Waals surface area contributed by atoms with E-state index in [1.807, 2.05) is 0 Å². The van der Waals surface area contributed by atoms with Crippen LogP contribution in [0, 0.1) is 0 Å². The molecule has 11 heteroatoms. The Kier molecular flexibility index (Phi) is 7.87. The number of carbonyl (C=O) groups is 1. The zero-order chi connectivity index (χ0) is 22.5. The lowest BCUT2D eigenvalue weighted by Crippen LogP contribution is -2.31. The van der Waals surface area contributed by atoms with Gasteiger partial charge in [0, 0.05) is 19.6 Å². The van der Waals surface area contributed by atoms with Crippen molar-refractivity contribution in [2.45, 2.75) is 25.3 Å². The smallest absolute Gasteiger partial charge is 0.253 e. The standard InChI is InChI=1S/C19H24ClN3O5S2/c1-4-23(5-2)30(27,28)15-10-11-17(20)16(12-15)19(24)21-13-14-8-6-7-9-18(14)22-29(3,25)26/h6-12,22H,4-5,13H2,1-3H3,(H,21,24). The normalized spacial score (nSPS) is 12.0.